The van der Waals surface area contributed by atoms with E-state index in [-0.39, 0.29) is 5.91 Å². The van der Waals surface area contributed by atoms with Gasteiger partial charge in [0.25, 0.3) is 0 Å². The summed E-state index contributed by atoms with van der Waals surface area (Å²) in [5.41, 5.74) is 3.52. The zero-order chi connectivity index (χ0) is 16.6. The van der Waals surface area contributed by atoms with E-state index in [1.54, 1.807) is 18.9 Å². The molecule has 0 bridgehead atoms. The number of hydrogen-bond donors (Lipinski definition) is 0. The smallest absolute Gasteiger partial charge is 0.225 e. The highest BCUT2D eigenvalue weighted by Gasteiger charge is 2.20. The first kappa shape index (κ1) is 16.9. The number of amides is 1. The van der Waals surface area contributed by atoms with Gasteiger partial charge in [-0.05, 0) is 29.7 Å². The van der Waals surface area contributed by atoms with Gasteiger partial charge in [-0.1, -0.05) is 27.5 Å². The molecular formula is C16H17BrClN3OS. The normalized spacial score (nSPS) is 14.6. The number of rotatable bonds is 3. The van der Waals surface area contributed by atoms with Crippen LogP contribution in [0.2, 0.25) is 5.02 Å². The van der Waals surface area contributed by atoms with Gasteiger partial charge in [0.15, 0.2) is 5.13 Å². The fourth-order valence-electron chi connectivity index (χ4n) is 2.69. The van der Waals surface area contributed by atoms with Crippen LogP contribution in [-0.4, -0.2) is 29.4 Å². The van der Waals surface area contributed by atoms with Gasteiger partial charge in [0.2, 0.25) is 5.91 Å². The Labute approximate surface area is 153 Å². The minimum atomic E-state index is -0.00251. The first-order valence-corrected chi connectivity index (χ1v) is 9.37. The molecule has 122 valence electrons. The summed E-state index contributed by atoms with van der Waals surface area (Å²) in [5, 5.41) is 3.61. The predicted molar refractivity (Wildman–Crippen MR) is 98.2 cm³/mol. The van der Waals surface area contributed by atoms with Gasteiger partial charge in [-0.15, -0.1) is 11.3 Å². The molecule has 1 aliphatic rings. The molecule has 7 heteroatoms. The Bertz CT molecular complexity index is 749. The van der Waals surface area contributed by atoms with Crippen molar-refractivity contribution in [1.29, 1.82) is 0 Å². The van der Waals surface area contributed by atoms with Crippen molar-refractivity contribution in [2.24, 2.45) is 0 Å². The number of benzene rings is 1. The summed E-state index contributed by atoms with van der Waals surface area (Å²) in [4.78, 5) is 19.9. The Kier molecular flexibility index (Phi) is 5.06. The molecule has 0 unspecified atom stereocenters. The van der Waals surface area contributed by atoms with Crippen molar-refractivity contribution in [3.05, 3.63) is 43.8 Å². The van der Waals surface area contributed by atoms with E-state index in [0.29, 0.717) is 0 Å². The minimum Gasteiger partial charge on any atom is -0.293 e. The summed E-state index contributed by atoms with van der Waals surface area (Å²) in [6, 6.07) is 4.10. The molecule has 3 rings (SSSR count). The molecule has 1 aliphatic heterocycles. The number of halogens is 2. The molecule has 1 aromatic carbocycles. The third-order valence-corrected chi connectivity index (χ3v) is 5.77. The molecular weight excluding hydrogens is 398 g/mol. The number of anilines is 1. The van der Waals surface area contributed by atoms with Crippen LogP contribution in [0.15, 0.2) is 22.0 Å². The fourth-order valence-corrected chi connectivity index (χ4v) is 4.49. The number of nitrogens with zero attached hydrogens (tertiary/aromatic N) is 3. The quantitative estimate of drug-likeness (QED) is 0.758. The van der Waals surface area contributed by atoms with E-state index >= 15 is 0 Å². The molecule has 0 fully saturated rings. The Morgan fingerprint density at radius 1 is 1.52 bits per heavy atom. The van der Waals surface area contributed by atoms with Crippen LogP contribution in [0.5, 0.6) is 0 Å². The van der Waals surface area contributed by atoms with Gasteiger partial charge < -0.3 is 0 Å². The summed E-state index contributed by atoms with van der Waals surface area (Å²) in [6.45, 7) is 4.16. The summed E-state index contributed by atoms with van der Waals surface area (Å²) in [6.07, 6.45) is 0.950. The molecule has 2 heterocycles. The molecule has 0 aliphatic carbocycles. The number of hydrogen-bond acceptors (Lipinski definition) is 4. The first-order chi connectivity index (χ1) is 10.9. The summed E-state index contributed by atoms with van der Waals surface area (Å²) < 4.78 is 1.02. The molecule has 2 aromatic rings. The van der Waals surface area contributed by atoms with E-state index in [0.717, 1.165) is 46.4 Å². The molecule has 0 radical (unpaired) electrons. The first-order valence-electron chi connectivity index (χ1n) is 7.32. The molecule has 0 saturated heterocycles. The third-order valence-electron chi connectivity index (χ3n) is 4.01. The van der Waals surface area contributed by atoms with Crippen molar-refractivity contribution in [1.82, 2.24) is 9.88 Å². The van der Waals surface area contributed by atoms with Gasteiger partial charge in [0.1, 0.15) is 0 Å². The van der Waals surface area contributed by atoms with E-state index in [4.69, 9.17) is 11.6 Å². The number of aromatic nitrogens is 1. The van der Waals surface area contributed by atoms with Crippen LogP contribution in [0.25, 0.3) is 0 Å². The van der Waals surface area contributed by atoms with Crippen LogP contribution in [0.1, 0.15) is 23.7 Å². The SMILES string of the molecule is CC(=O)N(C)c1nc(CN2CCc3c(Cl)cc(Br)cc3C2)cs1. The van der Waals surface area contributed by atoms with E-state index in [1.807, 2.05) is 11.4 Å². The maximum atomic E-state index is 11.4. The molecule has 0 atom stereocenters. The standard InChI is InChI=1S/C16H17BrClN3OS/c1-10(22)20(2)16-19-13(9-23-16)8-21-4-3-14-11(7-21)5-12(17)6-15(14)18/h5-6,9H,3-4,7-8H2,1-2H3. The van der Waals surface area contributed by atoms with Gasteiger partial charge in [-0.25, -0.2) is 4.98 Å². The largest absolute Gasteiger partial charge is 0.293 e. The van der Waals surface area contributed by atoms with E-state index in [9.17, 15) is 4.79 Å². The van der Waals surface area contributed by atoms with E-state index in [1.165, 1.54) is 22.5 Å². The Morgan fingerprint density at radius 2 is 2.30 bits per heavy atom. The Balaban J connectivity index is 1.71. The molecule has 1 aromatic heterocycles. The van der Waals surface area contributed by atoms with Crippen LogP contribution < -0.4 is 4.90 Å². The zero-order valence-electron chi connectivity index (χ0n) is 13.0. The van der Waals surface area contributed by atoms with E-state index in [2.05, 4.69) is 31.9 Å². The fraction of sp³-hybridized carbons (Fsp3) is 0.375. The highest BCUT2D eigenvalue weighted by molar-refractivity contribution is 9.10. The summed E-state index contributed by atoms with van der Waals surface area (Å²) in [7, 11) is 1.75. The number of thiazole rings is 1. The van der Waals surface area contributed by atoms with Crippen molar-refractivity contribution < 1.29 is 4.79 Å². The summed E-state index contributed by atoms with van der Waals surface area (Å²) >= 11 is 11.3. The van der Waals surface area contributed by atoms with Crippen molar-refractivity contribution >= 4 is 49.9 Å². The molecule has 0 N–H and O–H groups in total. The second-order valence-electron chi connectivity index (χ2n) is 5.69. The van der Waals surface area contributed by atoms with Crippen LogP contribution in [-0.2, 0) is 24.3 Å². The number of fused-ring (bicyclic) bond motifs is 1. The van der Waals surface area contributed by atoms with E-state index < -0.39 is 0 Å². The van der Waals surface area contributed by atoms with Gasteiger partial charge >= 0.3 is 0 Å². The lowest BCUT2D eigenvalue weighted by atomic mass is 10.00. The highest BCUT2D eigenvalue weighted by Crippen LogP contribution is 2.31. The van der Waals surface area contributed by atoms with Crippen LogP contribution in [0.3, 0.4) is 0 Å². The predicted octanol–water partition coefficient (Wildman–Crippen LogP) is 4.10. The highest BCUT2D eigenvalue weighted by atomic mass is 79.9. The number of carbonyl (C=O) groups excluding carboxylic acids is 1. The van der Waals surface area contributed by atoms with Crippen LogP contribution >= 0.6 is 38.9 Å². The summed E-state index contributed by atoms with van der Waals surface area (Å²) in [5.74, 6) is -0.00251. The average molecular weight is 415 g/mol. The maximum absolute atomic E-state index is 11.4. The second-order valence-corrected chi connectivity index (χ2v) is 7.84. The van der Waals surface area contributed by atoms with Gasteiger partial charge in [-0.3, -0.25) is 14.6 Å². The van der Waals surface area contributed by atoms with Crippen molar-refractivity contribution in [3.8, 4) is 0 Å². The second kappa shape index (κ2) is 6.89. The lowest BCUT2D eigenvalue weighted by Crippen LogP contribution is -2.30. The van der Waals surface area contributed by atoms with Crippen LogP contribution in [0.4, 0.5) is 5.13 Å². The lowest BCUT2D eigenvalue weighted by Gasteiger charge is -2.29. The van der Waals surface area contributed by atoms with Crippen LogP contribution in [0, 0.1) is 0 Å². The Morgan fingerprint density at radius 3 is 3.04 bits per heavy atom. The average Bonchev–Trinajstić information content (AvgIpc) is 2.94. The van der Waals surface area contributed by atoms with Gasteiger partial charge in [-0.2, -0.15) is 0 Å². The maximum Gasteiger partial charge on any atom is 0.225 e. The zero-order valence-corrected chi connectivity index (χ0v) is 16.1. The van der Waals surface area contributed by atoms with Gasteiger partial charge in [0.05, 0.1) is 5.69 Å². The van der Waals surface area contributed by atoms with Crippen molar-refractivity contribution in [3.63, 3.8) is 0 Å². The molecule has 23 heavy (non-hydrogen) atoms. The number of carbonyl (C=O) groups is 1. The lowest BCUT2D eigenvalue weighted by molar-refractivity contribution is -0.116. The third kappa shape index (κ3) is 3.76. The molecule has 1 amide bonds. The van der Waals surface area contributed by atoms with Gasteiger partial charge in [0, 0.05) is 48.5 Å². The molecule has 0 saturated carbocycles. The monoisotopic (exact) mass is 413 g/mol. The topological polar surface area (TPSA) is 36.4 Å². The molecule has 0 spiro atoms. The van der Waals surface area contributed by atoms with Crippen molar-refractivity contribution in [2.45, 2.75) is 26.4 Å². The minimum absolute atomic E-state index is 0.00251. The Hall–Kier alpha value is -0.950. The van der Waals surface area contributed by atoms with Crippen molar-refractivity contribution in [2.75, 3.05) is 18.5 Å². The molecule has 4 nitrogen and oxygen atoms in total.